The van der Waals surface area contributed by atoms with E-state index in [0.717, 1.165) is 52.1 Å². The Kier molecular flexibility index (Phi) is 15.5. The van der Waals surface area contributed by atoms with Crippen LogP contribution in [0.2, 0.25) is 0 Å². The standard InChI is InChI=1S/C27H50N2O4/c1-2-3-4-5-6-7-8-9-10-11-12-13-14-17-27(31)33-25(23-28-19-21-32-22-20-28)24-29-18-15-16-26(29)30/h25H,2-24H2,1H3. The summed E-state index contributed by atoms with van der Waals surface area (Å²) >= 11 is 0. The monoisotopic (exact) mass is 466 g/mol. The lowest BCUT2D eigenvalue weighted by atomic mass is 10.0. The molecule has 1 unspecified atom stereocenters. The largest absolute Gasteiger partial charge is 0.459 e. The summed E-state index contributed by atoms with van der Waals surface area (Å²) in [6, 6.07) is 0. The lowest BCUT2D eigenvalue weighted by Crippen LogP contribution is -2.46. The Morgan fingerprint density at radius 2 is 1.42 bits per heavy atom. The summed E-state index contributed by atoms with van der Waals surface area (Å²) in [4.78, 5) is 28.7. The highest BCUT2D eigenvalue weighted by Crippen LogP contribution is 2.15. The molecule has 33 heavy (non-hydrogen) atoms. The zero-order valence-electron chi connectivity index (χ0n) is 21.4. The van der Waals surface area contributed by atoms with Gasteiger partial charge in [0.25, 0.3) is 0 Å². The molecule has 0 aromatic carbocycles. The lowest BCUT2D eigenvalue weighted by molar-refractivity contribution is -0.153. The van der Waals surface area contributed by atoms with E-state index in [0.29, 0.717) is 25.9 Å². The van der Waals surface area contributed by atoms with E-state index in [1.807, 2.05) is 4.90 Å². The number of hydrogen-bond acceptors (Lipinski definition) is 5. The molecule has 2 fully saturated rings. The van der Waals surface area contributed by atoms with E-state index in [4.69, 9.17) is 9.47 Å². The van der Waals surface area contributed by atoms with Crippen molar-refractivity contribution in [3.05, 3.63) is 0 Å². The highest BCUT2D eigenvalue weighted by molar-refractivity contribution is 5.78. The van der Waals surface area contributed by atoms with Crippen LogP contribution in [0.3, 0.4) is 0 Å². The number of hydrogen-bond donors (Lipinski definition) is 0. The van der Waals surface area contributed by atoms with Gasteiger partial charge < -0.3 is 14.4 Å². The number of morpholine rings is 1. The first-order valence-electron chi connectivity index (χ1n) is 14.0. The molecule has 2 heterocycles. The normalized spacial score (nSPS) is 18.1. The minimum Gasteiger partial charge on any atom is -0.459 e. The van der Waals surface area contributed by atoms with Gasteiger partial charge in [-0.15, -0.1) is 0 Å². The van der Waals surface area contributed by atoms with Crippen molar-refractivity contribution in [2.75, 3.05) is 45.9 Å². The fourth-order valence-electron chi connectivity index (χ4n) is 4.88. The second-order valence-electron chi connectivity index (χ2n) is 9.96. The molecular formula is C27H50N2O4. The van der Waals surface area contributed by atoms with Crippen LogP contribution in [0.1, 0.15) is 110 Å². The number of unbranched alkanes of at least 4 members (excludes halogenated alkanes) is 12. The predicted octanol–water partition coefficient (Wildman–Crippen LogP) is 5.33. The second-order valence-corrected chi connectivity index (χ2v) is 9.96. The molecule has 2 aliphatic rings. The van der Waals surface area contributed by atoms with Crippen LogP contribution in [0, 0.1) is 0 Å². The first kappa shape index (κ1) is 28.1. The number of esters is 1. The Bertz CT molecular complexity index is 522. The molecule has 0 radical (unpaired) electrons. The van der Waals surface area contributed by atoms with Gasteiger partial charge in [-0.25, -0.2) is 0 Å². The van der Waals surface area contributed by atoms with Crippen molar-refractivity contribution >= 4 is 11.9 Å². The average Bonchev–Trinajstić information content (AvgIpc) is 3.21. The van der Waals surface area contributed by atoms with E-state index >= 15 is 0 Å². The van der Waals surface area contributed by atoms with Gasteiger partial charge in [-0.1, -0.05) is 84.0 Å². The first-order chi connectivity index (χ1) is 16.2. The van der Waals surface area contributed by atoms with E-state index in [1.165, 1.54) is 70.6 Å². The van der Waals surface area contributed by atoms with Gasteiger partial charge in [0.05, 0.1) is 19.8 Å². The summed E-state index contributed by atoms with van der Waals surface area (Å²) in [5, 5.41) is 0. The van der Waals surface area contributed by atoms with E-state index in [-0.39, 0.29) is 18.0 Å². The van der Waals surface area contributed by atoms with Crippen LogP contribution >= 0.6 is 0 Å². The molecule has 6 heteroatoms. The Morgan fingerprint density at radius 3 is 1.97 bits per heavy atom. The molecule has 0 aliphatic carbocycles. The van der Waals surface area contributed by atoms with Gasteiger partial charge in [0.15, 0.2) is 0 Å². The summed E-state index contributed by atoms with van der Waals surface area (Å²) < 4.78 is 11.3. The number of rotatable bonds is 19. The topological polar surface area (TPSA) is 59.1 Å². The number of likely N-dealkylation sites (tertiary alicyclic amines) is 1. The van der Waals surface area contributed by atoms with Crippen molar-refractivity contribution in [1.82, 2.24) is 9.80 Å². The van der Waals surface area contributed by atoms with Crippen LogP contribution in [-0.2, 0) is 19.1 Å². The molecule has 0 N–H and O–H groups in total. The third-order valence-electron chi connectivity index (χ3n) is 6.94. The van der Waals surface area contributed by atoms with Crippen LogP contribution in [-0.4, -0.2) is 73.7 Å². The van der Waals surface area contributed by atoms with E-state index in [9.17, 15) is 9.59 Å². The molecule has 1 atom stereocenters. The quantitative estimate of drug-likeness (QED) is 0.190. The predicted molar refractivity (Wildman–Crippen MR) is 133 cm³/mol. The summed E-state index contributed by atoms with van der Waals surface area (Å²) in [6.07, 6.45) is 18.7. The van der Waals surface area contributed by atoms with Crippen LogP contribution < -0.4 is 0 Å². The number of carbonyl (C=O) groups is 2. The maximum atomic E-state index is 12.5. The Morgan fingerprint density at radius 1 is 0.848 bits per heavy atom. The molecule has 6 nitrogen and oxygen atoms in total. The van der Waals surface area contributed by atoms with Crippen LogP contribution in [0.25, 0.3) is 0 Å². The number of ether oxygens (including phenoxy) is 2. The van der Waals surface area contributed by atoms with Crippen LogP contribution in [0.5, 0.6) is 0 Å². The molecule has 2 rings (SSSR count). The smallest absolute Gasteiger partial charge is 0.306 e. The van der Waals surface area contributed by atoms with Crippen molar-refractivity contribution in [3.63, 3.8) is 0 Å². The minimum absolute atomic E-state index is 0.108. The molecule has 2 aliphatic heterocycles. The number of carbonyl (C=O) groups excluding carboxylic acids is 2. The molecule has 1 amide bonds. The average molecular weight is 467 g/mol. The fourth-order valence-corrected chi connectivity index (χ4v) is 4.88. The zero-order chi connectivity index (χ0) is 23.6. The summed E-state index contributed by atoms with van der Waals surface area (Å²) in [5.74, 6) is 0.0810. The first-order valence-corrected chi connectivity index (χ1v) is 14.0. The molecule has 2 saturated heterocycles. The molecule has 0 aromatic rings. The Hall–Kier alpha value is -1.14. The van der Waals surface area contributed by atoms with Crippen molar-refractivity contribution in [3.8, 4) is 0 Å². The van der Waals surface area contributed by atoms with Crippen molar-refractivity contribution in [1.29, 1.82) is 0 Å². The van der Waals surface area contributed by atoms with Crippen LogP contribution in [0.15, 0.2) is 0 Å². The van der Waals surface area contributed by atoms with Gasteiger partial charge in [-0.05, 0) is 12.8 Å². The van der Waals surface area contributed by atoms with Gasteiger partial charge in [0.1, 0.15) is 6.10 Å². The van der Waals surface area contributed by atoms with E-state index in [1.54, 1.807) is 0 Å². The van der Waals surface area contributed by atoms with Crippen molar-refractivity contribution < 1.29 is 19.1 Å². The Labute approximate surface area is 202 Å². The van der Waals surface area contributed by atoms with Crippen LogP contribution in [0.4, 0.5) is 0 Å². The third-order valence-corrected chi connectivity index (χ3v) is 6.94. The van der Waals surface area contributed by atoms with Gasteiger partial charge >= 0.3 is 5.97 Å². The maximum Gasteiger partial charge on any atom is 0.306 e. The minimum atomic E-state index is -0.236. The molecule has 0 spiro atoms. The Balaban J connectivity index is 1.52. The van der Waals surface area contributed by atoms with Crippen molar-refractivity contribution in [2.45, 2.75) is 116 Å². The fraction of sp³-hybridized carbons (Fsp3) is 0.926. The third kappa shape index (κ3) is 13.4. The van der Waals surface area contributed by atoms with E-state index < -0.39 is 0 Å². The van der Waals surface area contributed by atoms with Gasteiger partial charge in [0.2, 0.25) is 5.91 Å². The second kappa shape index (κ2) is 18.2. The molecule has 0 saturated carbocycles. The molecule has 192 valence electrons. The molecular weight excluding hydrogens is 416 g/mol. The summed E-state index contributed by atoms with van der Waals surface area (Å²) in [5.41, 5.74) is 0. The number of nitrogens with zero attached hydrogens (tertiary/aromatic N) is 2. The lowest BCUT2D eigenvalue weighted by Gasteiger charge is -2.32. The van der Waals surface area contributed by atoms with Crippen molar-refractivity contribution in [2.24, 2.45) is 0 Å². The SMILES string of the molecule is CCCCCCCCCCCCCCCC(=O)OC(CN1CCOCC1)CN1CCCC1=O. The highest BCUT2D eigenvalue weighted by Gasteiger charge is 2.27. The summed E-state index contributed by atoms with van der Waals surface area (Å²) in [7, 11) is 0. The van der Waals surface area contributed by atoms with E-state index in [2.05, 4.69) is 11.8 Å². The zero-order valence-corrected chi connectivity index (χ0v) is 21.4. The highest BCUT2D eigenvalue weighted by atomic mass is 16.5. The number of amides is 1. The summed E-state index contributed by atoms with van der Waals surface area (Å²) in [6.45, 7) is 7.45. The van der Waals surface area contributed by atoms with Gasteiger partial charge in [0, 0.05) is 39.0 Å². The molecule has 0 bridgehead atoms. The maximum absolute atomic E-state index is 12.5. The van der Waals surface area contributed by atoms with Gasteiger partial charge in [-0.2, -0.15) is 0 Å². The molecule has 0 aromatic heterocycles. The van der Waals surface area contributed by atoms with Gasteiger partial charge in [-0.3, -0.25) is 14.5 Å².